The Bertz CT molecular complexity index is 450. The Hall–Kier alpha value is -2.06. The molecule has 1 aliphatic heterocycles. The number of hydrogen-bond donors (Lipinski definition) is 1. The number of anilines is 1. The second-order valence-electron chi connectivity index (χ2n) is 3.78. The number of carboxylic acids is 1. The molecule has 2 rings (SSSR count). The molecule has 88 valence electrons. The van der Waals surface area contributed by atoms with Crippen molar-refractivity contribution in [1.29, 1.82) is 5.26 Å². The van der Waals surface area contributed by atoms with Crippen LogP contribution in [0.15, 0.2) is 24.3 Å². The van der Waals surface area contributed by atoms with Crippen molar-refractivity contribution in [3.63, 3.8) is 0 Å². The molecular weight excluding hydrogens is 220 g/mol. The van der Waals surface area contributed by atoms with Crippen LogP contribution in [0.4, 0.5) is 5.69 Å². The Morgan fingerprint density at radius 1 is 1.47 bits per heavy atom. The van der Waals surface area contributed by atoms with Gasteiger partial charge in [-0.15, -0.1) is 0 Å². The van der Waals surface area contributed by atoms with Crippen LogP contribution < -0.4 is 4.90 Å². The maximum atomic E-state index is 11.1. The van der Waals surface area contributed by atoms with Gasteiger partial charge in [0.2, 0.25) is 0 Å². The topological polar surface area (TPSA) is 73.6 Å². The lowest BCUT2D eigenvalue weighted by Crippen LogP contribution is -2.50. The Morgan fingerprint density at radius 3 is 2.76 bits per heavy atom. The second-order valence-corrected chi connectivity index (χ2v) is 3.78. The highest BCUT2D eigenvalue weighted by Gasteiger charge is 2.29. The zero-order chi connectivity index (χ0) is 12.3. The monoisotopic (exact) mass is 232 g/mol. The number of morpholine rings is 1. The molecule has 1 aromatic carbocycles. The Balaban J connectivity index is 2.24. The molecule has 17 heavy (non-hydrogen) atoms. The van der Waals surface area contributed by atoms with Gasteiger partial charge >= 0.3 is 5.97 Å². The lowest BCUT2D eigenvalue weighted by molar-refractivity contribution is -0.141. The summed E-state index contributed by atoms with van der Waals surface area (Å²) in [5, 5.41) is 17.8. The fraction of sp³-hybridized carbons (Fsp3) is 0.333. The number of nitrogens with zero attached hydrogens (tertiary/aromatic N) is 2. The average molecular weight is 232 g/mol. The molecule has 1 aromatic rings. The molecule has 1 atom stereocenters. The molecule has 1 aliphatic rings. The Kier molecular flexibility index (Phi) is 3.26. The molecule has 0 saturated carbocycles. The maximum Gasteiger partial charge on any atom is 0.328 e. The van der Waals surface area contributed by atoms with E-state index in [9.17, 15) is 4.79 Å². The second kappa shape index (κ2) is 4.85. The van der Waals surface area contributed by atoms with Crippen molar-refractivity contribution in [2.24, 2.45) is 0 Å². The van der Waals surface area contributed by atoms with Crippen LogP contribution >= 0.6 is 0 Å². The van der Waals surface area contributed by atoms with Crippen LogP contribution in [0.5, 0.6) is 0 Å². The summed E-state index contributed by atoms with van der Waals surface area (Å²) in [6, 6.07) is 8.27. The number of ether oxygens (including phenoxy) is 1. The molecule has 1 fully saturated rings. The highest BCUT2D eigenvalue weighted by molar-refractivity contribution is 5.78. The number of carboxylic acid groups (broad SMARTS) is 1. The summed E-state index contributed by atoms with van der Waals surface area (Å²) in [4.78, 5) is 12.9. The SMILES string of the molecule is N#Cc1ccc(N2CCOCC2C(=O)O)cc1. The number of nitriles is 1. The van der Waals surface area contributed by atoms with Gasteiger partial charge in [-0.25, -0.2) is 4.79 Å². The van der Waals surface area contributed by atoms with E-state index in [1.807, 2.05) is 6.07 Å². The number of hydrogen-bond acceptors (Lipinski definition) is 4. The van der Waals surface area contributed by atoms with Gasteiger partial charge in [0.15, 0.2) is 6.04 Å². The van der Waals surface area contributed by atoms with Gasteiger partial charge in [0.25, 0.3) is 0 Å². The summed E-state index contributed by atoms with van der Waals surface area (Å²) in [6.45, 7) is 1.25. The minimum absolute atomic E-state index is 0.190. The van der Waals surface area contributed by atoms with E-state index in [2.05, 4.69) is 0 Å². The van der Waals surface area contributed by atoms with Gasteiger partial charge in [0.1, 0.15) is 0 Å². The zero-order valence-electron chi connectivity index (χ0n) is 9.17. The van der Waals surface area contributed by atoms with E-state index in [4.69, 9.17) is 15.1 Å². The van der Waals surface area contributed by atoms with Crippen LogP contribution in [0.25, 0.3) is 0 Å². The molecule has 0 amide bonds. The lowest BCUT2D eigenvalue weighted by atomic mass is 10.1. The smallest absolute Gasteiger partial charge is 0.328 e. The van der Waals surface area contributed by atoms with Crippen molar-refractivity contribution < 1.29 is 14.6 Å². The molecule has 1 N–H and O–H groups in total. The number of aliphatic carboxylic acids is 1. The van der Waals surface area contributed by atoms with E-state index >= 15 is 0 Å². The molecule has 1 unspecified atom stereocenters. The van der Waals surface area contributed by atoms with E-state index in [1.165, 1.54) is 0 Å². The fourth-order valence-corrected chi connectivity index (χ4v) is 1.84. The van der Waals surface area contributed by atoms with E-state index in [-0.39, 0.29) is 6.61 Å². The van der Waals surface area contributed by atoms with Crippen LogP contribution in [0.3, 0.4) is 0 Å². The quantitative estimate of drug-likeness (QED) is 0.818. The van der Waals surface area contributed by atoms with Crippen molar-refractivity contribution in [3.05, 3.63) is 29.8 Å². The molecule has 0 aromatic heterocycles. The third-order valence-corrected chi connectivity index (χ3v) is 2.74. The van der Waals surface area contributed by atoms with E-state index in [0.29, 0.717) is 18.7 Å². The minimum Gasteiger partial charge on any atom is -0.480 e. The van der Waals surface area contributed by atoms with Crippen LogP contribution in [0.1, 0.15) is 5.56 Å². The molecule has 0 radical (unpaired) electrons. The summed E-state index contributed by atoms with van der Waals surface area (Å²) >= 11 is 0. The van der Waals surface area contributed by atoms with Crippen LogP contribution in [-0.2, 0) is 9.53 Å². The molecule has 0 bridgehead atoms. The van der Waals surface area contributed by atoms with Crippen LogP contribution in [-0.4, -0.2) is 36.9 Å². The van der Waals surface area contributed by atoms with E-state index in [1.54, 1.807) is 29.2 Å². The van der Waals surface area contributed by atoms with Crippen molar-refractivity contribution in [2.75, 3.05) is 24.7 Å². The molecule has 1 saturated heterocycles. The first kappa shape index (κ1) is 11.4. The molecule has 0 spiro atoms. The summed E-state index contributed by atoms with van der Waals surface area (Å²) in [7, 11) is 0. The van der Waals surface area contributed by atoms with Gasteiger partial charge in [-0.05, 0) is 24.3 Å². The third-order valence-electron chi connectivity index (χ3n) is 2.74. The van der Waals surface area contributed by atoms with Crippen LogP contribution in [0, 0.1) is 11.3 Å². The standard InChI is InChI=1S/C12H12N2O3/c13-7-9-1-3-10(4-2-9)14-5-6-17-8-11(14)12(15)16/h1-4,11H,5-6,8H2,(H,15,16). The van der Waals surface area contributed by atoms with E-state index in [0.717, 1.165) is 5.69 Å². The average Bonchev–Trinajstić information content (AvgIpc) is 2.39. The Labute approximate surface area is 98.8 Å². The van der Waals surface area contributed by atoms with E-state index < -0.39 is 12.0 Å². The van der Waals surface area contributed by atoms with Gasteiger partial charge in [-0.3, -0.25) is 0 Å². The molecular formula is C12H12N2O3. The first-order valence-electron chi connectivity index (χ1n) is 5.30. The first-order valence-corrected chi connectivity index (χ1v) is 5.30. The maximum absolute atomic E-state index is 11.1. The minimum atomic E-state index is -0.894. The predicted octanol–water partition coefficient (Wildman–Crippen LogP) is 0.848. The molecule has 5 heteroatoms. The Morgan fingerprint density at radius 2 is 2.18 bits per heavy atom. The summed E-state index contributed by atoms with van der Waals surface area (Å²) in [5.74, 6) is -0.894. The number of carbonyl (C=O) groups is 1. The van der Waals surface area contributed by atoms with Gasteiger partial charge in [0, 0.05) is 12.2 Å². The zero-order valence-corrected chi connectivity index (χ0v) is 9.17. The van der Waals surface area contributed by atoms with Crippen molar-refractivity contribution in [2.45, 2.75) is 6.04 Å². The highest BCUT2D eigenvalue weighted by atomic mass is 16.5. The third kappa shape index (κ3) is 2.37. The lowest BCUT2D eigenvalue weighted by Gasteiger charge is -2.34. The van der Waals surface area contributed by atoms with Gasteiger partial charge in [-0.1, -0.05) is 0 Å². The van der Waals surface area contributed by atoms with Crippen molar-refractivity contribution >= 4 is 11.7 Å². The summed E-state index contributed by atoms with van der Waals surface area (Å²) in [5.41, 5.74) is 1.37. The molecule has 5 nitrogen and oxygen atoms in total. The number of benzene rings is 1. The first-order chi connectivity index (χ1) is 8.22. The summed E-state index contributed by atoms with van der Waals surface area (Å²) in [6.07, 6.45) is 0. The highest BCUT2D eigenvalue weighted by Crippen LogP contribution is 2.20. The normalized spacial score (nSPS) is 19.7. The molecule has 1 heterocycles. The predicted molar refractivity (Wildman–Crippen MR) is 60.7 cm³/mol. The van der Waals surface area contributed by atoms with Crippen molar-refractivity contribution in [3.8, 4) is 6.07 Å². The van der Waals surface area contributed by atoms with Gasteiger partial charge < -0.3 is 14.7 Å². The van der Waals surface area contributed by atoms with Crippen molar-refractivity contribution in [1.82, 2.24) is 0 Å². The molecule has 0 aliphatic carbocycles. The fourth-order valence-electron chi connectivity index (χ4n) is 1.84. The van der Waals surface area contributed by atoms with Gasteiger partial charge in [0.05, 0.1) is 24.8 Å². The summed E-state index contributed by atoms with van der Waals surface area (Å²) < 4.78 is 5.17. The van der Waals surface area contributed by atoms with Crippen LogP contribution in [0.2, 0.25) is 0 Å². The van der Waals surface area contributed by atoms with Gasteiger partial charge in [-0.2, -0.15) is 5.26 Å². The number of rotatable bonds is 2. The largest absolute Gasteiger partial charge is 0.480 e.